The number of fused-ring (bicyclic) bond motifs is 1. The largest absolute Gasteiger partial charge is 0.452 e. The number of rotatable bonds is 7. The standard InChI is InChI=1S/C21H24N2O3/c1-4-23(5-2)16-12-10-15(11-13-16)22-21(24)20-18-9-7-6-8-17(18)19(26-20)14-25-3/h6-13H,4-5,14H2,1-3H3,(H,22,24). The van der Waals surface area contributed by atoms with Gasteiger partial charge in [0, 0.05) is 42.3 Å². The maximum atomic E-state index is 12.7. The molecule has 0 spiro atoms. The molecule has 1 heterocycles. The van der Waals surface area contributed by atoms with Crippen LogP contribution in [-0.2, 0) is 11.3 Å². The molecule has 1 aromatic heterocycles. The fraction of sp³-hybridized carbons (Fsp3) is 0.286. The fourth-order valence-corrected chi connectivity index (χ4v) is 3.10. The molecule has 0 fully saturated rings. The van der Waals surface area contributed by atoms with Crippen molar-refractivity contribution in [1.29, 1.82) is 0 Å². The Hall–Kier alpha value is -2.79. The molecule has 0 atom stereocenters. The summed E-state index contributed by atoms with van der Waals surface area (Å²) in [5, 5.41) is 4.60. The molecule has 5 nitrogen and oxygen atoms in total. The predicted octanol–water partition coefficient (Wildman–Crippen LogP) is 4.68. The maximum Gasteiger partial charge on any atom is 0.292 e. The van der Waals surface area contributed by atoms with Crippen LogP contribution in [0, 0.1) is 0 Å². The lowest BCUT2D eigenvalue weighted by molar-refractivity contribution is 0.0990. The third-order valence-corrected chi connectivity index (χ3v) is 4.43. The van der Waals surface area contributed by atoms with Crippen LogP contribution < -0.4 is 10.2 Å². The molecule has 1 amide bonds. The van der Waals surface area contributed by atoms with Crippen molar-refractivity contribution < 1.29 is 13.9 Å². The second kappa shape index (κ2) is 8.06. The van der Waals surface area contributed by atoms with Crippen molar-refractivity contribution in [3.63, 3.8) is 0 Å². The van der Waals surface area contributed by atoms with E-state index in [1.54, 1.807) is 7.11 Å². The van der Waals surface area contributed by atoms with Crippen LogP contribution in [0.4, 0.5) is 11.4 Å². The number of hydrogen-bond donors (Lipinski definition) is 1. The molecule has 0 aliphatic rings. The minimum Gasteiger partial charge on any atom is -0.452 e. The molecule has 0 radical (unpaired) electrons. The van der Waals surface area contributed by atoms with Gasteiger partial charge in [-0.3, -0.25) is 4.79 Å². The molecule has 0 aliphatic heterocycles. The second-order valence-electron chi connectivity index (χ2n) is 6.01. The number of anilines is 2. The van der Waals surface area contributed by atoms with Crippen molar-refractivity contribution in [3.05, 3.63) is 60.1 Å². The van der Waals surface area contributed by atoms with Gasteiger partial charge in [0.2, 0.25) is 0 Å². The van der Waals surface area contributed by atoms with Gasteiger partial charge in [0.25, 0.3) is 5.91 Å². The molecule has 0 bridgehead atoms. The number of furan rings is 1. The number of hydrogen-bond acceptors (Lipinski definition) is 4. The molecule has 136 valence electrons. The van der Waals surface area contributed by atoms with E-state index in [-0.39, 0.29) is 5.91 Å². The summed E-state index contributed by atoms with van der Waals surface area (Å²) in [4.78, 5) is 15.0. The van der Waals surface area contributed by atoms with E-state index < -0.39 is 0 Å². The average molecular weight is 352 g/mol. The first kappa shape index (κ1) is 18.0. The van der Waals surface area contributed by atoms with Crippen molar-refractivity contribution in [1.82, 2.24) is 0 Å². The highest BCUT2D eigenvalue weighted by molar-refractivity contribution is 6.11. The van der Waals surface area contributed by atoms with Gasteiger partial charge in [0.05, 0.1) is 0 Å². The second-order valence-corrected chi connectivity index (χ2v) is 6.01. The van der Waals surface area contributed by atoms with Crippen LogP contribution >= 0.6 is 0 Å². The van der Waals surface area contributed by atoms with Crippen LogP contribution in [0.5, 0.6) is 0 Å². The fourth-order valence-electron chi connectivity index (χ4n) is 3.10. The van der Waals surface area contributed by atoms with Crippen molar-refractivity contribution in [2.24, 2.45) is 0 Å². The van der Waals surface area contributed by atoms with Gasteiger partial charge in [-0.15, -0.1) is 0 Å². The first-order chi connectivity index (χ1) is 12.7. The monoisotopic (exact) mass is 352 g/mol. The molecule has 2 aromatic carbocycles. The highest BCUT2D eigenvalue weighted by Gasteiger charge is 2.19. The number of nitrogens with zero attached hydrogens (tertiary/aromatic N) is 1. The van der Waals surface area contributed by atoms with Crippen molar-refractivity contribution in [3.8, 4) is 0 Å². The Balaban J connectivity index is 1.83. The quantitative estimate of drug-likeness (QED) is 0.671. The van der Waals surface area contributed by atoms with E-state index in [1.165, 1.54) is 0 Å². The van der Waals surface area contributed by atoms with Gasteiger partial charge in [0.15, 0.2) is 5.76 Å². The van der Waals surface area contributed by atoms with Crippen LogP contribution in [-0.4, -0.2) is 26.1 Å². The molecule has 3 rings (SSSR count). The minimum atomic E-state index is -0.265. The van der Waals surface area contributed by atoms with Crippen molar-refractivity contribution in [2.75, 3.05) is 30.4 Å². The molecular weight excluding hydrogens is 328 g/mol. The number of amides is 1. The summed E-state index contributed by atoms with van der Waals surface area (Å²) in [5.74, 6) is 0.699. The average Bonchev–Trinajstić information content (AvgIpc) is 3.03. The minimum absolute atomic E-state index is 0.265. The van der Waals surface area contributed by atoms with Crippen LogP contribution in [0.3, 0.4) is 0 Å². The lowest BCUT2D eigenvalue weighted by Crippen LogP contribution is -2.21. The lowest BCUT2D eigenvalue weighted by atomic mass is 10.1. The van der Waals surface area contributed by atoms with E-state index in [1.807, 2.05) is 48.5 Å². The van der Waals surface area contributed by atoms with Gasteiger partial charge in [-0.25, -0.2) is 0 Å². The highest BCUT2D eigenvalue weighted by atomic mass is 16.5. The summed E-state index contributed by atoms with van der Waals surface area (Å²) < 4.78 is 11.0. The van der Waals surface area contributed by atoms with E-state index in [0.29, 0.717) is 18.1 Å². The number of carbonyl (C=O) groups excluding carboxylic acids is 1. The number of nitrogens with one attached hydrogen (secondary N) is 1. The SMILES string of the molecule is CCN(CC)c1ccc(NC(=O)c2oc(COC)c3ccccc23)cc1. The Morgan fingerprint density at radius 1 is 1.04 bits per heavy atom. The van der Waals surface area contributed by atoms with E-state index in [0.717, 1.165) is 35.2 Å². The first-order valence-electron chi connectivity index (χ1n) is 8.83. The normalized spacial score (nSPS) is 10.9. The van der Waals surface area contributed by atoms with Gasteiger partial charge in [-0.1, -0.05) is 24.3 Å². The molecular formula is C21H24N2O3. The zero-order chi connectivity index (χ0) is 18.5. The molecule has 0 saturated heterocycles. The Bertz CT molecular complexity index is 880. The summed E-state index contributed by atoms with van der Waals surface area (Å²) in [7, 11) is 1.61. The van der Waals surface area contributed by atoms with Crippen molar-refractivity contribution >= 4 is 28.1 Å². The third-order valence-electron chi connectivity index (χ3n) is 4.43. The van der Waals surface area contributed by atoms with E-state index in [4.69, 9.17) is 9.15 Å². The Kier molecular flexibility index (Phi) is 5.58. The molecule has 0 aliphatic carbocycles. The molecule has 0 saturated carbocycles. The van der Waals surface area contributed by atoms with Gasteiger partial charge in [-0.2, -0.15) is 0 Å². The number of methoxy groups -OCH3 is 1. The summed E-state index contributed by atoms with van der Waals surface area (Å²) in [6, 6.07) is 15.5. The van der Waals surface area contributed by atoms with Gasteiger partial charge < -0.3 is 19.4 Å². The van der Waals surface area contributed by atoms with Gasteiger partial charge >= 0.3 is 0 Å². The van der Waals surface area contributed by atoms with Crippen LogP contribution in [0.1, 0.15) is 30.2 Å². The summed E-state index contributed by atoms with van der Waals surface area (Å²) in [5.41, 5.74) is 1.87. The van der Waals surface area contributed by atoms with Crippen molar-refractivity contribution in [2.45, 2.75) is 20.5 Å². The van der Waals surface area contributed by atoms with E-state index in [2.05, 4.69) is 24.1 Å². The predicted molar refractivity (Wildman–Crippen MR) is 105 cm³/mol. The van der Waals surface area contributed by atoms with Crippen LogP contribution in [0.2, 0.25) is 0 Å². The summed E-state index contributed by atoms with van der Waals surface area (Å²) in [6.07, 6.45) is 0. The zero-order valence-corrected chi connectivity index (χ0v) is 15.4. The zero-order valence-electron chi connectivity index (χ0n) is 15.4. The highest BCUT2D eigenvalue weighted by Crippen LogP contribution is 2.27. The molecule has 0 unspecified atom stereocenters. The number of benzene rings is 2. The summed E-state index contributed by atoms with van der Waals surface area (Å²) in [6.45, 7) is 6.47. The molecule has 26 heavy (non-hydrogen) atoms. The van der Waals surface area contributed by atoms with Crippen LogP contribution in [0.15, 0.2) is 52.9 Å². The Morgan fingerprint density at radius 2 is 1.69 bits per heavy atom. The van der Waals surface area contributed by atoms with Gasteiger partial charge in [-0.05, 0) is 38.1 Å². The van der Waals surface area contributed by atoms with Gasteiger partial charge in [0.1, 0.15) is 12.4 Å². The topological polar surface area (TPSA) is 54.7 Å². The number of ether oxygens (including phenoxy) is 1. The Morgan fingerprint density at radius 3 is 2.31 bits per heavy atom. The smallest absolute Gasteiger partial charge is 0.292 e. The molecule has 1 N–H and O–H groups in total. The third kappa shape index (κ3) is 3.58. The summed E-state index contributed by atoms with van der Waals surface area (Å²) >= 11 is 0. The maximum absolute atomic E-state index is 12.7. The molecule has 5 heteroatoms. The molecule has 3 aromatic rings. The first-order valence-corrected chi connectivity index (χ1v) is 8.83. The van der Waals surface area contributed by atoms with E-state index >= 15 is 0 Å². The Labute approximate surface area is 153 Å². The lowest BCUT2D eigenvalue weighted by Gasteiger charge is -2.21. The number of carbonyl (C=O) groups is 1. The van der Waals surface area contributed by atoms with E-state index in [9.17, 15) is 4.79 Å². The van der Waals surface area contributed by atoms with Crippen LogP contribution in [0.25, 0.3) is 10.8 Å².